The molecule has 0 aromatic carbocycles. The van der Waals surface area contributed by atoms with Crippen LogP contribution in [-0.4, -0.2) is 44.8 Å². The first-order valence-electron chi connectivity index (χ1n) is 5.39. The normalized spacial score (nSPS) is 10.4. The number of carbonyl (C=O) groups excluding carboxylic acids is 1. The number of aliphatic carboxylic acids is 1. The second-order valence-corrected chi connectivity index (χ2v) is 3.88. The maximum atomic E-state index is 12.2. The highest BCUT2D eigenvalue weighted by Gasteiger charge is 2.23. The first-order chi connectivity index (χ1) is 7.88. The molecule has 0 saturated carbocycles. The van der Waals surface area contributed by atoms with Gasteiger partial charge in [0.15, 0.2) is 0 Å². The lowest BCUT2D eigenvalue weighted by Crippen LogP contribution is -2.36. The molecule has 17 heavy (non-hydrogen) atoms. The van der Waals surface area contributed by atoms with Crippen molar-refractivity contribution >= 4 is 11.9 Å². The van der Waals surface area contributed by atoms with Gasteiger partial charge in [-0.1, -0.05) is 0 Å². The Hall–Kier alpha value is -1.85. The van der Waals surface area contributed by atoms with Gasteiger partial charge < -0.3 is 10.0 Å². The highest BCUT2D eigenvalue weighted by molar-refractivity contribution is 5.97. The molecule has 0 bridgehead atoms. The summed E-state index contributed by atoms with van der Waals surface area (Å²) in [6.45, 7) is 5.36. The molecular weight excluding hydrogens is 222 g/mol. The molecule has 1 rings (SSSR count). The molecule has 1 N–H and O–H groups in total. The Morgan fingerprint density at radius 3 is 2.35 bits per heavy atom. The van der Waals surface area contributed by atoms with E-state index in [0.717, 1.165) is 5.69 Å². The van der Waals surface area contributed by atoms with Gasteiger partial charge in [-0.3, -0.25) is 14.3 Å². The van der Waals surface area contributed by atoms with Crippen LogP contribution < -0.4 is 0 Å². The van der Waals surface area contributed by atoms with E-state index in [1.165, 1.54) is 4.90 Å². The van der Waals surface area contributed by atoms with Crippen molar-refractivity contribution in [2.45, 2.75) is 20.8 Å². The van der Waals surface area contributed by atoms with Crippen molar-refractivity contribution in [3.63, 3.8) is 0 Å². The number of aromatic nitrogens is 2. The molecule has 1 aromatic rings. The van der Waals surface area contributed by atoms with E-state index in [-0.39, 0.29) is 12.5 Å². The lowest BCUT2D eigenvalue weighted by atomic mass is 10.1. The molecule has 0 saturated heterocycles. The van der Waals surface area contributed by atoms with Gasteiger partial charge in [0.05, 0.1) is 11.3 Å². The van der Waals surface area contributed by atoms with Crippen LogP contribution in [0.4, 0.5) is 0 Å². The van der Waals surface area contributed by atoms with E-state index < -0.39 is 5.97 Å². The van der Waals surface area contributed by atoms with Crippen LogP contribution in [0.15, 0.2) is 0 Å². The van der Waals surface area contributed by atoms with Gasteiger partial charge in [0.25, 0.3) is 5.91 Å². The Morgan fingerprint density at radius 1 is 1.41 bits per heavy atom. The van der Waals surface area contributed by atoms with Gasteiger partial charge in [0.2, 0.25) is 0 Å². The second-order valence-electron chi connectivity index (χ2n) is 3.88. The van der Waals surface area contributed by atoms with Crippen molar-refractivity contribution in [3.05, 3.63) is 17.0 Å². The van der Waals surface area contributed by atoms with Gasteiger partial charge in [-0.15, -0.1) is 0 Å². The van der Waals surface area contributed by atoms with Crippen molar-refractivity contribution in [1.82, 2.24) is 14.7 Å². The number of likely N-dealkylation sites (N-methyl/N-ethyl adjacent to an activating group) is 1. The third kappa shape index (κ3) is 2.64. The van der Waals surface area contributed by atoms with Crippen LogP contribution in [-0.2, 0) is 11.8 Å². The van der Waals surface area contributed by atoms with Crippen molar-refractivity contribution in [1.29, 1.82) is 0 Å². The van der Waals surface area contributed by atoms with Crippen LogP contribution in [0.5, 0.6) is 0 Å². The molecule has 0 fully saturated rings. The minimum atomic E-state index is -1.01. The van der Waals surface area contributed by atoms with Crippen LogP contribution in [0.2, 0.25) is 0 Å². The van der Waals surface area contributed by atoms with E-state index in [1.54, 1.807) is 32.5 Å². The molecule has 0 unspecified atom stereocenters. The fourth-order valence-electron chi connectivity index (χ4n) is 1.73. The van der Waals surface area contributed by atoms with E-state index in [4.69, 9.17) is 5.11 Å². The Morgan fingerprint density at radius 2 is 2.00 bits per heavy atom. The third-order valence-electron chi connectivity index (χ3n) is 2.72. The molecule has 0 aliphatic rings. The summed E-state index contributed by atoms with van der Waals surface area (Å²) in [4.78, 5) is 24.1. The lowest BCUT2D eigenvalue weighted by molar-refractivity contribution is -0.137. The average Bonchev–Trinajstić information content (AvgIpc) is 2.48. The number of carbonyl (C=O) groups is 2. The summed E-state index contributed by atoms with van der Waals surface area (Å²) in [7, 11) is 1.76. The Kier molecular flexibility index (Phi) is 3.88. The number of carboxylic acids is 1. The highest BCUT2D eigenvalue weighted by Crippen LogP contribution is 2.14. The predicted molar refractivity (Wildman–Crippen MR) is 61.9 cm³/mol. The molecular formula is C11H17N3O3. The Bertz CT molecular complexity index is 451. The van der Waals surface area contributed by atoms with Crippen LogP contribution in [0.3, 0.4) is 0 Å². The van der Waals surface area contributed by atoms with Gasteiger partial charge in [-0.05, 0) is 20.8 Å². The van der Waals surface area contributed by atoms with E-state index in [9.17, 15) is 9.59 Å². The number of aryl methyl sites for hydroxylation is 2. The largest absolute Gasteiger partial charge is 0.480 e. The summed E-state index contributed by atoms with van der Waals surface area (Å²) in [5.41, 5.74) is 1.87. The quantitative estimate of drug-likeness (QED) is 0.834. The number of carboxylic acid groups (broad SMARTS) is 1. The summed E-state index contributed by atoms with van der Waals surface area (Å²) in [5, 5.41) is 12.9. The third-order valence-corrected chi connectivity index (χ3v) is 2.72. The first-order valence-corrected chi connectivity index (χ1v) is 5.39. The maximum Gasteiger partial charge on any atom is 0.323 e. The van der Waals surface area contributed by atoms with Crippen LogP contribution >= 0.6 is 0 Å². The number of nitrogens with zero attached hydrogens (tertiary/aromatic N) is 3. The fourth-order valence-corrected chi connectivity index (χ4v) is 1.73. The number of hydrogen-bond acceptors (Lipinski definition) is 3. The number of hydrogen-bond donors (Lipinski definition) is 1. The average molecular weight is 239 g/mol. The van der Waals surface area contributed by atoms with Crippen molar-refractivity contribution in [3.8, 4) is 0 Å². The minimum Gasteiger partial charge on any atom is -0.480 e. The molecule has 0 spiro atoms. The summed E-state index contributed by atoms with van der Waals surface area (Å²) in [6.07, 6.45) is 0. The highest BCUT2D eigenvalue weighted by atomic mass is 16.4. The molecule has 0 radical (unpaired) electrons. The summed E-state index contributed by atoms with van der Waals surface area (Å²) in [5.74, 6) is -1.29. The van der Waals surface area contributed by atoms with E-state index in [2.05, 4.69) is 5.10 Å². The van der Waals surface area contributed by atoms with Crippen molar-refractivity contribution < 1.29 is 14.7 Å². The molecule has 94 valence electrons. The first kappa shape index (κ1) is 13.2. The topological polar surface area (TPSA) is 75.4 Å². The molecule has 0 atom stereocenters. The van der Waals surface area contributed by atoms with Gasteiger partial charge in [-0.2, -0.15) is 5.10 Å². The molecule has 1 aromatic heterocycles. The number of rotatable bonds is 4. The zero-order chi connectivity index (χ0) is 13.2. The predicted octanol–water partition coefficient (Wildman–Crippen LogP) is 0.584. The van der Waals surface area contributed by atoms with Crippen LogP contribution in [0.1, 0.15) is 28.7 Å². The van der Waals surface area contributed by atoms with Gasteiger partial charge in [0, 0.05) is 19.3 Å². The molecule has 6 nitrogen and oxygen atoms in total. The minimum absolute atomic E-state index is 0.280. The van der Waals surface area contributed by atoms with Gasteiger partial charge in [-0.25, -0.2) is 0 Å². The summed E-state index contributed by atoms with van der Waals surface area (Å²) >= 11 is 0. The Labute approximate surface area is 99.8 Å². The van der Waals surface area contributed by atoms with Gasteiger partial charge >= 0.3 is 5.97 Å². The molecule has 0 aliphatic carbocycles. The Balaban J connectivity index is 3.05. The van der Waals surface area contributed by atoms with Crippen LogP contribution in [0.25, 0.3) is 0 Å². The molecule has 0 aliphatic heterocycles. The van der Waals surface area contributed by atoms with E-state index in [1.807, 2.05) is 0 Å². The van der Waals surface area contributed by atoms with Crippen molar-refractivity contribution in [2.75, 3.05) is 13.1 Å². The number of amides is 1. The standard InChI is InChI=1S/C11H17N3O3/c1-5-14(6-9(15)16)11(17)10-7(2)12-13(4)8(10)3/h5-6H2,1-4H3,(H,15,16). The molecule has 1 heterocycles. The molecule has 1 amide bonds. The van der Waals surface area contributed by atoms with Crippen LogP contribution in [0, 0.1) is 13.8 Å². The molecule has 6 heteroatoms. The van der Waals surface area contributed by atoms with Gasteiger partial charge in [0.1, 0.15) is 6.54 Å². The smallest absolute Gasteiger partial charge is 0.323 e. The van der Waals surface area contributed by atoms with Crippen molar-refractivity contribution in [2.24, 2.45) is 7.05 Å². The maximum absolute atomic E-state index is 12.2. The SMILES string of the molecule is CCN(CC(=O)O)C(=O)c1c(C)nn(C)c1C. The lowest BCUT2D eigenvalue weighted by Gasteiger charge is -2.18. The zero-order valence-electron chi connectivity index (χ0n) is 10.5. The summed E-state index contributed by atoms with van der Waals surface area (Å²) < 4.78 is 1.62. The van der Waals surface area contributed by atoms with E-state index >= 15 is 0 Å². The van der Waals surface area contributed by atoms with E-state index in [0.29, 0.717) is 17.8 Å². The second kappa shape index (κ2) is 4.99. The zero-order valence-corrected chi connectivity index (χ0v) is 10.5. The fraction of sp³-hybridized carbons (Fsp3) is 0.545. The summed E-state index contributed by atoms with van der Waals surface area (Å²) in [6, 6.07) is 0. The monoisotopic (exact) mass is 239 g/mol.